The number of hydrogen-bond acceptors (Lipinski definition) is 7. The van der Waals surface area contributed by atoms with Crippen molar-refractivity contribution in [1.82, 2.24) is 4.57 Å². The quantitative estimate of drug-likeness (QED) is 0.440. The maximum Gasteiger partial charge on any atom is 0.338 e. The van der Waals surface area contributed by atoms with Crippen molar-refractivity contribution in [2.45, 2.75) is 26.8 Å². The summed E-state index contributed by atoms with van der Waals surface area (Å²) in [4.78, 5) is 42.5. The molecule has 1 atom stereocenters. The van der Waals surface area contributed by atoms with Gasteiger partial charge in [0, 0.05) is 6.92 Å². The lowest BCUT2D eigenvalue weighted by Gasteiger charge is -2.24. The second-order valence-corrected chi connectivity index (χ2v) is 8.66. The highest BCUT2D eigenvalue weighted by molar-refractivity contribution is 7.07. The zero-order chi connectivity index (χ0) is 23.7. The first kappa shape index (κ1) is 22.4. The van der Waals surface area contributed by atoms with Gasteiger partial charge in [-0.25, -0.2) is 9.79 Å². The third-order valence-corrected chi connectivity index (χ3v) is 6.24. The average Bonchev–Trinajstić information content (AvgIpc) is 3.08. The molecule has 168 valence electrons. The lowest BCUT2D eigenvalue weighted by Crippen LogP contribution is -2.39. The molecule has 0 amide bonds. The summed E-state index contributed by atoms with van der Waals surface area (Å²) in [6.45, 7) is 5.05. The van der Waals surface area contributed by atoms with Gasteiger partial charge in [0.25, 0.3) is 5.56 Å². The molecule has 0 aliphatic carbocycles. The number of methoxy groups -OCH3 is 1. The van der Waals surface area contributed by atoms with Crippen LogP contribution in [0.15, 0.2) is 69.6 Å². The molecular weight excluding hydrogens is 440 g/mol. The third kappa shape index (κ3) is 4.42. The Bertz CT molecular complexity index is 1440. The molecule has 1 aromatic heterocycles. The van der Waals surface area contributed by atoms with Crippen LogP contribution in [0.3, 0.4) is 0 Å². The second kappa shape index (κ2) is 8.99. The number of fused-ring (bicyclic) bond motifs is 1. The minimum absolute atomic E-state index is 0.248. The Labute approximate surface area is 193 Å². The summed E-state index contributed by atoms with van der Waals surface area (Å²) in [5, 5.41) is 0. The number of aryl methyl sites for hydroxylation is 1. The number of benzene rings is 2. The molecule has 0 N–H and O–H groups in total. The van der Waals surface area contributed by atoms with E-state index in [0.717, 1.165) is 11.1 Å². The fraction of sp³-hybridized carbons (Fsp3) is 0.200. The van der Waals surface area contributed by atoms with Crippen LogP contribution in [0.5, 0.6) is 5.75 Å². The Balaban J connectivity index is 1.90. The number of rotatable bonds is 4. The van der Waals surface area contributed by atoms with E-state index >= 15 is 0 Å². The summed E-state index contributed by atoms with van der Waals surface area (Å²) in [7, 11) is 1.30. The zero-order valence-corrected chi connectivity index (χ0v) is 19.4. The smallest absolute Gasteiger partial charge is 0.338 e. The Hall–Kier alpha value is -3.78. The predicted molar refractivity (Wildman–Crippen MR) is 125 cm³/mol. The first-order chi connectivity index (χ1) is 15.8. The third-order valence-electron chi connectivity index (χ3n) is 5.26. The summed E-state index contributed by atoms with van der Waals surface area (Å²) in [6.07, 6.45) is 1.82. The van der Waals surface area contributed by atoms with Crippen LogP contribution in [0.2, 0.25) is 0 Å². The molecule has 2 heterocycles. The normalized spacial score (nSPS) is 15.6. The number of carbonyl (C=O) groups is 2. The SMILES string of the molecule is COC(=O)C1=C(C)N=c2s/c(=C\c3ccc(C)cc3)c(=O)n2[C@@H]1c1ccc(OC(C)=O)cc1. The van der Waals surface area contributed by atoms with Gasteiger partial charge in [0.05, 0.1) is 29.0 Å². The molecule has 0 unspecified atom stereocenters. The van der Waals surface area contributed by atoms with Crippen molar-refractivity contribution in [3.63, 3.8) is 0 Å². The first-order valence-corrected chi connectivity index (χ1v) is 11.1. The van der Waals surface area contributed by atoms with Gasteiger partial charge in [-0.15, -0.1) is 0 Å². The van der Waals surface area contributed by atoms with Crippen LogP contribution in [0.1, 0.15) is 36.6 Å². The monoisotopic (exact) mass is 462 g/mol. The number of carbonyl (C=O) groups excluding carboxylic acids is 2. The van der Waals surface area contributed by atoms with Gasteiger partial charge in [-0.05, 0) is 43.2 Å². The predicted octanol–water partition coefficient (Wildman–Crippen LogP) is 2.64. The van der Waals surface area contributed by atoms with E-state index in [4.69, 9.17) is 9.47 Å². The van der Waals surface area contributed by atoms with E-state index in [1.54, 1.807) is 31.2 Å². The van der Waals surface area contributed by atoms with Crippen molar-refractivity contribution in [2.24, 2.45) is 4.99 Å². The standard InChI is InChI=1S/C25H22N2O5S/c1-14-5-7-17(8-6-14)13-20-23(29)27-22(18-9-11-19(12-10-18)32-16(3)28)21(24(30)31-4)15(2)26-25(27)33-20/h5-13,22H,1-4H3/b20-13-/t22-/m1/s1. The lowest BCUT2D eigenvalue weighted by atomic mass is 9.96. The van der Waals surface area contributed by atoms with Crippen LogP contribution in [0, 0.1) is 6.92 Å². The highest BCUT2D eigenvalue weighted by Gasteiger charge is 2.33. The first-order valence-electron chi connectivity index (χ1n) is 10.2. The topological polar surface area (TPSA) is 87.0 Å². The maximum absolute atomic E-state index is 13.5. The van der Waals surface area contributed by atoms with Crippen molar-refractivity contribution >= 4 is 29.4 Å². The van der Waals surface area contributed by atoms with Crippen molar-refractivity contribution in [3.05, 3.63) is 96.2 Å². The molecule has 3 aromatic rings. The van der Waals surface area contributed by atoms with Crippen LogP contribution in [0.4, 0.5) is 0 Å². The highest BCUT2D eigenvalue weighted by atomic mass is 32.1. The average molecular weight is 463 g/mol. The van der Waals surface area contributed by atoms with Gasteiger partial charge in [-0.3, -0.25) is 14.2 Å². The van der Waals surface area contributed by atoms with Crippen molar-refractivity contribution in [2.75, 3.05) is 7.11 Å². The molecule has 7 nitrogen and oxygen atoms in total. The Morgan fingerprint density at radius 1 is 1.06 bits per heavy atom. The number of aromatic nitrogens is 1. The summed E-state index contributed by atoms with van der Waals surface area (Å²) in [6, 6.07) is 13.8. The van der Waals surface area contributed by atoms with Crippen LogP contribution >= 0.6 is 11.3 Å². The van der Waals surface area contributed by atoms with E-state index < -0.39 is 18.0 Å². The molecule has 2 aromatic carbocycles. The molecule has 8 heteroatoms. The molecule has 0 bridgehead atoms. The van der Waals surface area contributed by atoms with Gasteiger partial charge in [0.2, 0.25) is 0 Å². The number of hydrogen-bond donors (Lipinski definition) is 0. The summed E-state index contributed by atoms with van der Waals surface area (Å²) in [5.74, 6) is -0.616. The molecule has 0 saturated carbocycles. The maximum atomic E-state index is 13.5. The largest absolute Gasteiger partial charge is 0.466 e. The minimum Gasteiger partial charge on any atom is -0.466 e. The molecule has 4 rings (SSSR count). The Morgan fingerprint density at radius 3 is 2.33 bits per heavy atom. The summed E-state index contributed by atoms with van der Waals surface area (Å²) >= 11 is 1.27. The van der Waals surface area contributed by atoms with Crippen molar-refractivity contribution in [1.29, 1.82) is 0 Å². The van der Waals surface area contributed by atoms with E-state index in [1.807, 2.05) is 37.3 Å². The highest BCUT2D eigenvalue weighted by Crippen LogP contribution is 2.31. The number of allylic oxidation sites excluding steroid dienone is 1. The van der Waals surface area contributed by atoms with Gasteiger partial charge in [-0.1, -0.05) is 53.3 Å². The van der Waals surface area contributed by atoms with Gasteiger partial charge in [-0.2, -0.15) is 0 Å². The molecule has 0 saturated heterocycles. The van der Waals surface area contributed by atoms with E-state index in [-0.39, 0.29) is 11.1 Å². The number of thiazole rings is 1. The molecular formula is C25H22N2O5S. The van der Waals surface area contributed by atoms with Gasteiger partial charge < -0.3 is 9.47 Å². The Morgan fingerprint density at radius 2 is 1.73 bits per heavy atom. The molecule has 0 radical (unpaired) electrons. The van der Waals surface area contributed by atoms with E-state index in [1.165, 1.54) is 29.9 Å². The van der Waals surface area contributed by atoms with Crippen LogP contribution < -0.4 is 19.6 Å². The fourth-order valence-corrected chi connectivity index (χ4v) is 4.75. The summed E-state index contributed by atoms with van der Waals surface area (Å²) < 4.78 is 12.2. The van der Waals surface area contributed by atoms with E-state index in [0.29, 0.717) is 26.3 Å². The zero-order valence-electron chi connectivity index (χ0n) is 18.6. The van der Waals surface area contributed by atoms with Crippen LogP contribution in [-0.4, -0.2) is 23.6 Å². The number of ether oxygens (including phenoxy) is 2. The van der Waals surface area contributed by atoms with E-state index in [2.05, 4.69) is 4.99 Å². The Kier molecular flexibility index (Phi) is 6.11. The lowest BCUT2D eigenvalue weighted by molar-refractivity contribution is -0.136. The number of esters is 2. The second-order valence-electron chi connectivity index (χ2n) is 7.65. The molecule has 0 fully saturated rings. The van der Waals surface area contributed by atoms with E-state index in [9.17, 15) is 14.4 Å². The molecule has 1 aliphatic heterocycles. The van der Waals surface area contributed by atoms with Crippen LogP contribution in [0.25, 0.3) is 6.08 Å². The number of nitrogens with zero attached hydrogens (tertiary/aromatic N) is 2. The van der Waals surface area contributed by atoms with Gasteiger partial charge in [0.1, 0.15) is 5.75 Å². The minimum atomic E-state index is -0.722. The van der Waals surface area contributed by atoms with Crippen LogP contribution in [-0.2, 0) is 14.3 Å². The molecule has 33 heavy (non-hydrogen) atoms. The van der Waals surface area contributed by atoms with Gasteiger partial charge >= 0.3 is 11.9 Å². The molecule has 0 spiro atoms. The summed E-state index contributed by atoms with van der Waals surface area (Å²) in [5.41, 5.74) is 3.22. The fourth-order valence-electron chi connectivity index (χ4n) is 3.71. The van der Waals surface area contributed by atoms with Crippen molar-refractivity contribution < 1.29 is 19.1 Å². The van der Waals surface area contributed by atoms with Crippen molar-refractivity contribution in [3.8, 4) is 5.75 Å². The van der Waals surface area contributed by atoms with Gasteiger partial charge in [0.15, 0.2) is 4.80 Å². The molecule has 1 aliphatic rings.